The first-order chi connectivity index (χ1) is 10.9. The highest BCUT2D eigenvalue weighted by molar-refractivity contribution is 7.89. The normalized spacial score (nSPS) is 20.8. The third-order valence-electron chi connectivity index (χ3n) is 3.95. The van der Waals surface area contributed by atoms with Crippen molar-refractivity contribution in [1.29, 1.82) is 0 Å². The summed E-state index contributed by atoms with van der Waals surface area (Å²) in [6.45, 7) is 2.83. The second kappa shape index (κ2) is 8.66. The van der Waals surface area contributed by atoms with Gasteiger partial charge in [0.25, 0.3) is 0 Å². The van der Waals surface area contributed by atoms with Crippen LogP contribution < -0.4 is 14.8 Å². The molecule has 2 N–H and O–H groups in total. The number of sulfonamides is 1. The van der Waals surface area contributed by atoms with Gasteiger partial charge in [-0.25, -0.2) is 17.9 Å². The molecule has 2 atom stereocenters. The third-order valence-corrected chi connectivity index (χ3v) is 5.44. The minimum Gasteiger partial charge on any atom is -0.496 e. The maximum Gasteiger partial charge on any atom is 0.341 e. The van der Waals surface area contributed by atoms with Gasteiger partial charge in [0.05, 0.1) is 19.1 Å². The zero-order chi connectivity index (χ0) is 17.0. The topological polar surface area (TPSA) is 93.7 Å². The van der Waals surface area contributed by atoms with E-state index in [-0.39, 0.29) is 40.7 Å². The van der Waals surface area contributed by atoms with Crippen LogP contribution in [0.3, 0.4) is 0 Å². The molecular weight excluding hydrogens is 356 g/mol. The van der Waals surface area contributed by atoms with Gasteiger partial charge in [0, 0.05) is 12.1 Å². The summed E-state index contributed by atoms with van der Waals surface area (Å²) in [5.41, 5.74) is 0.0766. The smallest absolute Gasteiger partial charge is 0.341 e. The number of piperidine rings is 1. The summed E-state index contributed by atoms with van der Waals surface area (Å²) in [4.78, 5) is 11.8. The van der Waals surface area contributed by atoms with Gasteiger partial charge in [-0.2, -0.15) is 0 Å². The fourth-order valence-electron chi connectivity index (χ4n) is 2.60. The van der Waals surface area contributed by atoms with E-state index in [9.17, 15) is 13.2 Å². The van der Waals surface area contributed by atoms with Crippen molar-refractivity contribution in [2.75, 3.05) is 20.8 Å². The Morgan fingerprint density at radius 3 is 2.62 bits per heavy atom. The lowest BCUT2D eigenvalue weighted by atomic mass is 10.0. The van der Waals surface area contributed by atoms with Crippen molar-refractivity contribution in [3.63, 3.8) is 0 Å². The Balaban J connectivity index is 0.00000288. The zero-order valence-electron chi connectivity index (χ0n) is 13.9. The first-order valence-corrected chi connectivity index (χ1v) is 8.89. The molecular formula is C15H23ClN2O5S. The lowest BCUT2D eigenvalue weighted by Crippen LogP contribution is -2.51. The number of carbonyl (C=O) groups is 1. The van der Waals surface area contributed by atoms with Crippen molar-refractivity contribution in [1.82, 2.24) is 10.0 Å². The second-order valence-electron chi connectivity index (χ2n) is 5.47. The molecule has 1 aliphatic heterocycles. The number of nitrogens with one attached hydrogen (secondary N) is 2. The minimum atomic E-state index is -3.74. The number of esters is 1. The van der Waals surface area contributed by atoms with E-state index in [0.29, 0.717) is 0 Å². The van der Waals surface area contributed by atoms with Gasteiger partial charge in [-0.15, -0.1) is 12.4 Å². The molecule has 1 aromatic rings. The molecule has 2 rings (SSSR count). The van der Waals surface area contributed by atoms with Gasteiger partial charge in [0.2, 0.25) is 10.0 Å². The number of hydrogen-bond acceptors (Lipinski definition) is 6. The number of methoxy groups -OCH3 is 2. The Hall–Kier alpha value is -1.35. The Morgan fingerprint density at radius 2 is 2.04 bits per heavy atom. The molecule has 0 spiro atoms. The lowest BCUT2D eigenvalue weighted by Gasteiger charge is -2.30. The standard InChI is InChI=1S/C15H22N2O5S.ClH/c1-10-13(5-4-8-16-10)17-23(19,20)11-6-7-14(21-2)12(9-11)15(18)22-3;/h6-7,9-10,13,16-17H,4-5,8H2,1-3H3;1H. The molecule has 9 heteroatoms. The summed E-state index contributed by atoms with van der Waals surface area (Å²) >= 11 is 0. The Bertz CT molecular complexity index is 680. The highest BCUT2D eigenvalue weighted by Gasteiger charge is 2.27. The van der Waals surface area contributed by atoms with Crippen molar-refractivity contribution in [2.45, 2.75) is 36.7 Å². The lowest BCUT2D eigenvalue weighted by molar-refractivity contribution is 0.0597. The monoisotopic (exact) mass is 378 g/mol. The summed E-state index contributed by atoms with van der Waals surface area (Å²) < 4.78 is 37.6. The Labute approximate surface area is 148 Å². The molecule has 1 fully saturated rings. The molecule has 1 aromatic carbocycles. The molecule has 7 nitrogen and oxygen atoms in total. The van der Waals surface area contributed by atoms with Gasteiger partial charge in [0.15, 0.2) is 0 Å². The quantitative estimate of drug-likeness (QED) is 0.750. The van der Waals surface area contributed by atoms with Crippen LogP contribution in [0, 0.1) is 0 Å². The molecule has 0 saturated carbocycles. The summed E-state index contributed by atoms with van der Waals surface area (Å²) in [6, 6.07) is 4.00. The highest BCUT2D eigenvalue weighted by atomic mass is 35.5. The van der Waals surface area contributed by atoms with E-state index in [1.807, 2.05) is 6.92 Å². The molecule has 1 heterocycles. The van der Waals surface area contributed by atoms with Gasteiger partial charge >= 0.3 is 5.97 Å². The summed E-state index contributed by atoms with van der Waals surface area (Å²) in [5.74, 6) is -0.380. The largest absolute Gasteiger partial charge is 0.496 e. The minimum absolute atomic E-state index is 0. The zero-order valence-corrected chi connectivity index (χ0v) is 15.5. The fraction of sp³-hybridized carbons (Fsp3) is 0.533. The molecule has 2 unspecified atom stereocenters. The number of ether oxygens (including phenoxy) is 2. The van der Waals surface area contributed by atoms with Crippen molar-refractivity contribution in [2.24, 2.45) is 0 Å². The molecule has 24 heavy (non-hydrogen) atoms. The van der Waals surface area contributed by atoms with Crippen LogP contribution in [0.5, 0.6) is 5.75 Å². The van der Waals surface area contributed by atoms with Crippen molar-refractivity contribution in [3.05, 3.63) is 23.8 Å². The van der Waals surface area contributed by atoms with E-state index in [4.69, 9.17) is 4.74 Å². The first kappa shape index (κ1) is 20.7. The number of benzene rings is 1. The molecule has 0 aliphatic carbocycles. The molecule has 0 radical (unpaired) electrons. The van der Waals surface area contributed by atoms with Crippen molar-refractivity contribution < 1.29 is 22.7 Å². The number of rotatable bonds is 5. The summed E-state index contributed by atoms with van der Waals surface area (Å²) in [6.07, 6.45) is 1.68. The van der Waals surface area contributed by atoms with E-state index in [2.05, 4.69) is 14.8 Å². The van der Waals surface area contributed by atoms with Gasteiger partial charge in [0.1, 0.15) is 11.3 Å². The Kier molecular flexibility index (Phi) is 7.47. The van der Waals surface area contributed by atoms with Crippen LogP contribution >= 0.6 is 12.4 Å². The molecule has 136 valence electrons. The van der Waals surface area contributed by atoms with Gasteiger partial charge in [-0.1, -0.05) is 0 Å². The van der Waals surface area contributed by atoms with E-state index in [0.717, 1.165) is 19.4 Å². The van der Waals surface area contributed by atoms with Crippen LogP contribution in [0.2, 0.25) is 0 Å². The van der Waals surface area contributed by atoms with Crippen LogP contribution in [0.15, 0.2) is 23.1 Å². The Morgan fingerprint density at radius 1 is 1.33 bits per heavy atom. The van der Waals surface area contributed by atoms with Crippen LogP contribution in [0.25, 0.3) is 0 Å². The predicted octanol–water partition coefficient (Wildman–Crippen LogP) is 1.32. The molecule has 0 aromatic heterocycles. The predicted molar refractivity (Wildman–Crippen MR) is 92.4 cm³/mol. The number of hydrogen-bond donors (Lipinski definition) is 2. The SMILES string of the molecule is COC(=O)c1cc(S(=O)(=O)NC2CCCNC2C)ccc1OC.Cl. The van der Waals surface area contributed by atoms with Crippen molar-refractivity contribution in [3.8, 4) is 5.75 Å². The summed E-state index contributed by atoms with van der Waals surface area (Å²) in [5, 5.41) is 3.24. The average Bonchev–Trinajstić information content (AvgIpc) is 2.55. The molecule has 1 saturated heterocycles. The number of carbonyl (C=O) groups excluding carboxylic acids is 1. The van der Waals surface area contributed by atoms with Gasteiger partial charge < -0.3 is 14.8 Å². The highest BCUT2D eigenvalue weighted by Crippen LogP contribution is 2.24. The van der Waals surface area contributed by atoms with Crippen LogP contribution in [0.4, 0.5) is 0 Å². The first-order valence-electron chi connectivity index (χ1n) is 7.41. The van der Waals surface area contributed by atoms with Crippen LogP contribution in [0.1, 0.15) is 30.1 Å². The number of halogens is 1. The molecule has 1 aliphatic rings. The molecule has 0 amide bonds. The van der Waals surface area contributed by atoms with E-state index < -0.39 is 16.0 Å². The average molecular weight is 379 g/mol. The summed E-state index contributed by atoms with van der Waals surface area (Å²) in [7, 11) is -1.10. The second-order valence-corrected chi connectivity index (χ2v) is 7.18. The van der Waals surface area contributed by atoms with Crippen molar-refractivity contribution >= 4 is 28.4 Å². The third kappa shape index (κ3) is 4.60. The molecule has 0 bridgehead atoms. The van der Waals surface area contributed by atoms with E-state index in [1.165, 1.54) is 32.4 Å². The maximum atomic E-state index is 12.6. The maximum absolute atomic E-state index is 12.6. The van der Waals surface area contributed by atoms with Gasteiger partial charge in [-0.05, 0) is 44.5 Å². The van der Waals surface area contributed by atoms with E-state index in [1.54, 1.807) is 0 Å². The van der Waals surface area contributed by atoms with E-state index >= 15 is 0 Å². The van der Waals surface area contributed by atoms with Crippen LogP contribution in [-0.4, -0.2) is 47.2 Å². The fourth-order valence-corrected chi connectivity index (χ4v) is 3.97. The van der Waals surface area contributed by atoms with Crippen LogP contribution in [-0.2, 0) is 14.8 Å². The van der Waals surface area contributed by atoms with Gasteiger partial charge in [-0.3, -0.25) is 0 Å².